The normalized spacial score (nSPS) is 12.5. The first kappa shape index (κ1) is 12.3. The number of aromatic nitrogens is 4. The zero-order valence-corrected chi connectivity index (χ0v) is 11.7. The molecular weight excluding hydrogens is 280 g/mol. The van der Waals surface area contributed by atoms with Gasteiger partial charge in [-0.15, -0.1) is 20.4 Å². The Kier molecular flexibility index (Phi) is 3.56. The third-order valence-electron chi connectivity index (χ3n) is 2.43. The number of nitrogens with zero attached hydrogens (tertiary/aromatic N) is 4. The van der Waals surface area contributed by atoms with Crippen LogP contribution in [0.3, 0.4) is 0 Å². The molecule has 1 atom stereocenters. The van der Waals surface area contributed by atoms with E-state index in [0.717, 1.165) is 9.90 Å². The number of rotatable bonds is 4. The fourth-order valence-electron chi connectivity index (χ4n) is 1.51. The lowest BCUT2D eigenvalue weighted by atomic mass is 10.2. The highest BCUT2D eigenvalue weighted by atomic mass is 32.2. The van der Waals surface area contributed by atoms with Crippen molar-refractivity contribution in [3.8, 4) is 11.5 Å². The molecule has 0 radical (unpaired) electrons. The molecule has 3 rings (SSSR count). The van der Waals surface area contributed by atoms with E-state index in [0.29, 0.717) is 11.8 Å². The van der Waals surface area contributed by atoms with E-state index < -0.39 is 0 Å². The van der Waals surface area contributed by atoms with Gasteiger partial charge in [0.25, 0.3) is 0 Å². The zero-order valence-electron chi connectivity index (χ0n) is 10.1. The first-order chi connectivity index (χ1) is 9.33. The highest BCUT2D eigenvalue weighted by molar-refractivity contribution is 8.01. The summed E-state index contributed by atoms with van der Waals surface area (Å²) >= 11 is 3.06. The SMILES string of the molecule is C[C@@H](Sc1nncs1)c1nnc(-c2ccccc2)o1. The lowest BCUT2D eigenvalue weighted by molar-refractivity contribution is 0.509. The van der Waals surface area contributed by atoms with Gasteiger partial charge in [0.15, 0.2) is 4.34 Å². The molecule has 0 aliphatic heterocycles. The standard InChI is InChI=1S/C12H10N4OS2/c1-8(19-12-16-13-7-18-12)10-14-15-11(17-10)9-5-3-2-4-6-9/h2-8H,1H3/t8-/m1/s1. The van der Waals surface area contributed by atoms with Gasteiger partial charge in [0, 0.05) is 5.56 Å². The molecule has 7 heteroatoms. The molecule has 2 aromatic heterocycles. The van der Waals surface area contributed by atoms with Gasteiger partial charge in [0.2, 0.25) is 11.8 Å². The summed E-state index contributed by atoms with van der Waals surface area (Å²) in [5, 5.41) is 16.0. The van der Waals surface area contributed by atoms with Crippen molar-refractivity contribution < 1.29 is 4.42 Å². The Bertz CT molecular complexity index is 639. The number of thioether (sulfide) groups is 1. The Morgan fingerprint density at radius 3 is 2.74 bits per heavy atom. The minimum Gasteiger partial charge on any atom is -0.419 e. The van der Waals surface area contributed by atoms with E-state index in [4.69, 9.17) is 4.42 Å². The smallest absolute Gasteiger partial charge is 0.247 e. The molecule has 0 aliphatic rings. The fraction of sp³-hybridized carbons (Fsp3) is 0.167. The van der Waals surface area contributed by atoms with Crippen LogP contribution in [0.25, 0.3) is 11.5 Å². The second-order valence-corrected chi connectivity index (χ2v) is 6.20. The van der Waals surface area contributed by atoms with Gasteiger partial charge < -0.3 is 4.42 Å². The minimum absolute atomic E-state index is 0.0536. The van der Waals surface area contributed by atoms with Crippen LogP contribution in [-0.4, -0.2) is 20.4 Å². The predicted molar refractivity (Wildman–Crippen MR) is 73.9 cm³/mol. The summed E-state index contributed by atoms with van der Waals surface area (Å²) in [7, 11) is 0. The summed E-state index contributed by atoms with van der Waals surface area (Å²) in [4.78, 5) is 0. The van der Waals surface area contributed by atoms with Gasteiger partial charge in [0.05, 0.1) is 5.25 Å². The highest BCUT2D eigenvalue weighted by Gasteiger charge is 2.17. The van der Waals surface area contributed by atoms with Crippen LogP contribution in [0.2, 0.25) is 0 Å². The van der Waals surface area contributed by atoms with E-state index in [-0.39, 0.29) is 5.25 Å². The fourth-order valence-corrected chi connectivity index (χ4v) is 3.17. The van der Waals surface area contributed by atoms with E-state index in [1.54, 1.807) is 17.3 Å². The third kappa shape index (κ3) is 2.82. The molecule has 0 saturated heterocycles. The summed E-state index contributed by atoms with van der Waals surface area (Å²) in [6.45, 7) is 2.01. The van der Waals surface area contributed by atoms with E-state index in [2.05, 4.69) is 20.4 Å². The first-order valence-electron chi connectivity index (χ1n) is 5.64. The quantitative estimate of drug-likeness (QED) is 0.686. The van der Waals surface area contributed by atoms with Crippen molar-refractivity contribution >= 4 is 23.1 Å². The minimum atomic E-state index is 0.0536. The molecule has 0 bridgehead atoms. The summed E-state index contributed by atoms with van der Waals surface area (Å²) < 4.78 is 6.59. The largest absolute Gasteiger partial charge is 0.419 e. The number of hydrogen-bond acceptors (Lipinski definition) is 7. The van der Waals surface area contributed by atoms with Gasteiger partial charge in [-0.2, -0.15) is 0 Å². The second-order valence-electron chi connectivity index (χ2n) is 3.78. The Morgan fingerprint density at radius 1 is 1.16 bits per heavy atom. The van der Waals surface area contributed by atoms with Crippen LogP contribution >= 0.6 is 23.1 Å². The molecule has 5 nitrogen and oxygen atoms in total. The highest BCUT2D eigenvalue weighted by Crippen LogP contribution is 2.35. The van der Waals surface area contributed by atoms with Crippen LogP contribution in [0.5, 0.6) is 0 Å². The van der Waals surface area contributed by atoms with E-state index in [9.17, 15) is 0 Å². The number of hydrogen-bond donors (Lipinski definition) is 0. The maximum absolute atomic E-state index is 5.69. The van der Waals surface area contributed by atoms with Crippen molar-refractivity contribution in [3.05, 3.63) is 41.7 Å². The van der Waals surface area contributed by atoms with Crippen molar-refractivity contribution in [1.82, 2.24) is 20.4 Å². The zero-order chi connectivity index (χ0) is 13.1. The summed E-state index contributed by atoms with van der Waals surface area (Å²) in [5.41, 5.74) is 2.63. The molecule has 0 amide bonds. The van der Waals surface area contributed by atoms with Crippen LogP contribution in [0.1, 0.15) is 18.1 Å². The Hall–Kier alpha value is -1.73. The molecule has 0 spiro atoms. The summed E-state index contributed by atoms with van der Waals surface area (Å²) in [6.07, 6.45) is 0. The van der Waals surface area contributed by atoms with Crippen LogP contribution < -0.4 is 0 Å². The summed E-state index contributed by atoms with van der Waals surface area (Å²) in [6, 6.07) is 9.73. The lowest BCUT2D eigenvalue weighted by Crippen LogP contribution is -1.88. The Labute approximate surface area is 118 Å². The molecule has 3 aromatic rings. The van der Waals surface area contributed by atoms with E-state index in [1.807, 2.05) is 37.3 Å². The molecule has 19 heavy (non-hydrogen) atoms. The molecule has 0 saturated carbocycles. The average Bonchev–Trinajstić information content (AvgIpc) is 3.10. The van der Waals surface area contributed by atoms with E-state index >= 15 is 0 Å². The van der Waals surface area contributed by atoms with Crippen molar-refractivity contribution in [2.75, 3.05) is 0 Å². The maximum Gasteiger partial charge on any atom is 0.247 e. The lowest BCUT2D eigenvalue weighted by Gasteiger charge is -2.01. The first-order valence-corrected chi connectivity index (χ1v) is 7.40. The van der Waals surface area contributed by atoms with Gasteiger partial charge in [-0.25, -0.2) is 0 Å². The van der Waals surface area contributed by atoms with Gasteiger partial charge in [0.1, 0.15) is 5.51 Å². The maximum atomic E-state index is 5.69. The molecule has 1 aromatic carbocycles. The Morgan fingerprint density at radius 2 is 2.00 bits per heavy atom. The van der Waals surface area contributed by atoms with Gasteiger partial charge in [-0.05, 0) is 19.1 Å². The molecular formula is C12H10N4OS2. The molecule has 0 N–H and O–H groups in total. The van der Waals surface area contributed by atoms with E-state index in [1.165, 1.54) is 11.3 Å². The number of benzene rings is 1. The predicted octanol–water partition coefficient (Wildman–Crippen LogP) is 3.44. The second kappa shape index (κ2) is 5.50. The third-order valence-corrected chi connectivity index (χ3v) is 4.33. The summed E-state index contributed by atoms with van der Waals surface area (Å²) in [5.74, 6) is 1.14. The van der Waals surface area contributed by atoms with Gasteiger partial charge >= 0.3 is 0 Å². The molecule has 0 fully saturated rings. The monoisotopic (exact) mass is 290 g/mol. The van der Waals surface area contributed by atoms with Crippen molar-refractivity contribution in [1.29, 1.82) is 0 Å². The van der Waals surface area contributed by atoms with Gasteiger partial charge in [-0.3, -0.25) is 0 Å². The molecule has 0 aliphatic carbocycles. The van der Waals surface area contributed by atoms with Crippen molar-refractivity contribution in [2.45, 2.75) is 16.5 Å². The van der Waals surface area contributed by atoms with Crippen LogP contribution in [0, 0.1) is 0 Å². The van der Waals surface area contributed by atoms with Crippen LogP contribution in [0.4, 0.5) is 0 Å². The molecule has 2 heterocycles. The van der Waals surface area contributed by atoms with Crippen molar-refractivity contribution in [3.63, 3.8) is 0 Å². The molecule has 96 valence electrons. The van der Waals surface area contributed by atoms with Crippen LogP contribution in [-0.2, 0) is 0 Å². The molecule has 0 unspecified atom stereocenters. The van der Waals surface area contributed by atoms with Gasteiger partial charge in [-0.1, -0.05) is 41.3 Å². The topological polar surface area (TPSA) is 64.7 Å². The average molecular weight is 290 g/mol. The Balaban J connectivity index is 1.78. The van der Waals surface area contributed by atoms with Crippen LogP contribution in [0.15, 0.2) is 44.6 Å². The van der Waals surface area contributed by atoms with Crippen molar-refractivity contribution in [2.24, 2.45) is 0 Å².